The van der Waals surface area contributed by atoms with Crippen molar-refractivity contribution in [1.82, 2.24) is 10.2 Å². The molecule has 0 bridgehead atoms. The van der Waals surface area contributed by atoms with Crippen LogP contribution in [0.1, 0.15) is 20.3 Å². The molecule has 94 valence electrons. The number of rotatable bonds is 4. The molecule has 1 aliphatic heterocycles. The van der Waals surface area contributed by atoms with Crippen LogP contribution < -0.4 is 5.32 Å². The summed E-state index contributed by atoms with van der Waals surface area (Å²) in [4.78, 5) is 13.3. The van der Waals surface area contributed by atoms with Crippen molar-refractivity contribution in [3.05, 3.63) is 0 Å². The molecule has 1 fully saturated rings. The predicted molar refractivity (Wildman–Crippen MR) is 63.0 cm³/mol. The molecular formula is C10H20N2O3S. The molecule has 5 nitrogen and oxygen atoms in total. The van der Waals surface area contributed by atoms with Gasteiger partial charge in [-0.15, -0.1) is 0 Å². The Bertz CT molecular complexity index is 351. The van der Waals surface area contributed by atoms with Crippen LogP contribution in [0.3, 0.4) is 0 Å². The second-order valence-corrected chi connectivity index (χ2v) is 6.81. The summed E-state index contributed by atoms with van der Waals surface area (Å²) >= 11 is 0. The van der Waals surface area contributed by atoms with Gasteiger partial charge in [0.25, 0.3) is 0 Å². The van der Waals surface area contributed by atoms with Crippen LogP contribution in [0.5, 0.6) is 0 Å². The molecule has 0 radical (unpaired) electrons. The van der Waals surface area contributed by atoms with Gasteiger partial charge in [0.2, 0.25) is 5.91 Å². The monoisotopic (exact) mass is 248 g/mol. The van der Waals surface area contributed by atoms with Gasteiger partial charge in [0.05, 0.1) is 18.1 Å². The van der Waals surface area contributed by atoms with E-state index in [2.05, 4.69) is 5.32 Å². The van der Waals surface area contributed by atoms with E-state index in [9.17, 15) is 13.2 Å². The Balaban J connectivity index is 2.34. The molecule has 1 N–H and O–H groups in total. The lowest BCUT2D eigenvalue weighted by Crippen LogP contribution is -2.42. The topological polar surface area (TPSA) is 66.5 Å². The molecular weight excluding hydrogens is 228 g/mol. The number of amides is 1. The molecule has 6 heteroatoms. The molecule has 1 atom stereocenters. The first kappa shape index (κ1) is 13.4. The largest absolute Gasteiger partial charge is 0.342 e. The van der Waals surface area contributed by atoms with E-state index in [0.29, 0.717) is 6.42 Å². The van der Waals surface area contributed by atoms with Gasteiger partial charge < -0.3 is 10.2 Å². The highest BCUT2D eigenvalue weighted by molar-refractivity contribution is 7.91. The number of likely N-dealkylation sites (N-methyl/N-ethyl adjacent to an activating group) is 1. The number of hydrogen-bond donors (Lipinski definition) is 1. The van der Waals surface area contributed by atoms with Crippen molar-refractivity contribution >= 4 is 15.7 Å². The summed E-state index contributed by atoms with van der Waals surface area (Å²) in [6.07, 6.45) is 0.612. The second-order valence-electron chi connectivity index (χ2n) is 4.58. The molecule has 1 rings (SSSR count). The SMILES string of the molecule is CC(C)N(C)C(=O)CNC1CCS(=O)(=O)C1. The molecule has 0 saturated carbocycles. The lowest BCUT2D eigenvalue weighted by Gasteiger charge is -2.22. The Labute approximate surface area is 97.1 Å². The summed E-state index contributed by atoms with van der Waals surface area (Å²) in [6, 6.07) is 0.108. The Kier molecular flexibility index (Phi) is 4.32. The molecule has 0 aromatic rings. The Morgan fingerprint density at radius 2 is 2.12 bits per heavy atom. The van der Waals surface area contributed by atoms with Gasteiger partial charge in [0, 0.05) is 19.1 Å². The van der Waals surface area contributed by atoms with Crippen LogP contribution >= 0.6 is 0 Å². The number of hydrogen-bond acceptors (Lipinski definition) is 4. The summed E-state index contributed by atoms with van der Waals surface area (Å²) in [5.74, 6) is 0.393. The van der Waals surface area contributed by atoms with Gasteiger partial charge in [-0.25, -0.2) is 8.42 Å². The van der Waals surface area contributed by atoms with Crippen LogP contribution in [-0.4, -0.2) is 56.4 Å². The summed E-state index contributed by atoms with van der Waals surface area (Å²) in [6.45, 7) is 4.10. The maximum absolute atomic E-state index is 11.6. The van der Waals surface area contributed by atoms with Crippen LogP contribution in [0.15, 0.2) is 0 Å². The first-order valence-corrected chi connectivity index (χ1v) is 7.33. The first-order chi connectivity index (χ1) is 7.32. The molecule has 0 spiro atoms. The molecule has 0 aliphatic carbocycles. The van der Waals surface area contributed by atoms with Gasteiger partial charge in [-0.3, -0.25) is 4.79 Å². The summed E-state index contributed by atoms with van der Waals surface area (Å²) < 4.78 is 22.4. The van der Waals surface area contributed by atoms with Crippen LogP contribution in [0, 0.1) is 0 Å². The number of carbonyl (C=O) groups excluding carboxylic acids is 1. The van der Waals surface area contributed by atoms with Crippen LogP contribution in [0.2, 0.25) is 0 Å². The van der Waals surface area contributed by atoms with Gasteiger partial charge >= 0.3 is 0 Å². The molecule has 1 saturated heterocycles. The first-order valence-electron chi connectivity index (χ1n) is 5.51. The highest BCUT2D eigenvalue weighted by Gasteiger charge is 2.28. The van der Waals surface area contributed by atoms with Crippen LogP contribution in [-0.2, 0) is 14.6 Å². The summed E-state index contributed by atoms with van der Waals surface area (Å²) in [5, 5.41) is 3.00. The molecule has 0 aromatic heterocycles. The van der Waals surface area contributed by atoms with Crippen molar-refractivity contribution in [2.45, 2.75) is 32.4 Å². The van der Waals surface area contributed by atoms with E-state index in [-0.39, 0.29) is 36.0 Å². The van der Waals surface area contributed by atoms with E-state index in [1.807, 2.05) is 13.8 Å². The number of nitrogens with one attached hydrogen (secondary N) is 1. The van der Waals surface area contributed by atoms with Gasteiger partial charge in [0.15, 0.2) is 9.84 Å². The molecule has 1 heterocycles. The minimum Gasteiger partial charge on any atom is -0.342 e. The third-order valence-electron chi connectivity index (χ3n) is 2.94. The lowest BCUT2D eigenvalue weighted by molar-refractivity contribution is -0.130. The van der Waals surface area contributed by atoms with Gasteiger partial charge in [-0.05, 0) is 20.3 Å². The second kappa shape index (κ2) is 5.14. The zero-order valence-electron chi connectivity index (χ0n) is 10.1. The van der Waals surface area contributed by atoms with Crippen LogP contribution in [0.25, 0.3) is 0 Å². The summed E-state index contributed by atoms with van der Waals surface area (Å²) in [7, 11) is -1.12. The van der Waals surface area contributed by atoms with Crippen molar-refractivity contribution in [3.8, 4) is 0 Å². The fourth-order valence-electron chi connectivity index (χ4n) is 1.60. The van der Waals surface area contributed by atoms with E-state index < -0.39 is 9.84 Å². The van der Waals surface area contributed by atoms with Crippen molar-refractivity contribution in [1.29, 1.82) is 0 Å². The number of nitrogens with zero attached hydrogens (tertiary/aromatic N) is 1. The van der Waals surface area contributed by atoms with Crippen molar-refractivity contribution in [2.75, 3.05) is 25.1 Å². The average Bonchev–Trinajstić information content (AvgIpc) is 2.53. The van der Waals surface area contributed by atoms with Crippen molar-refractivity contribution < 1.29 is 13.2 Å². The number of sulfone groups is 1. The molecule has 1 unspecified atom stereocenters. The quantitative estimate of drug-likeness (QED) is 0.737. The van der Waals surface area contributed by atoms with E-state index in [0.717, 1.165) is 0 Å². The number of carbonyl (C=O) groups is 1. The Hall–Kier alpha value is -0.620. The zero-order valence-corrected chi connectivity index (χ0v) is 10.9. The molecule has 0 aromatic carbocycles. The minimum absolute atomic E-state index is 0.000650. The standard InChI is InChI=1S/C10H20N2O3S/c1-8(2)12(3)10(13)6-11-9-4-5-16(14,15)7-9/h8-9,11H,4-7H2,1-3H3. The van der Waals surface area contributed by atoms with Crippen LogP contribution in [0.4, 0.5) is 0 Å². The van der Waals surface area contributed by atoms with Gasteiger partial charge in [0.1, 0.15) is 0 Å². The molecule has 1 amide bonds. The van der Waals surface area contributed by atoms with E-state index in [1.165, 1.54) is 0 Å². The predicted octanol–water partition coefficient (Wildman–Crippen LogP) is -0.370. The maximum atomic E-state index is 11.6. The smallest absolute Gasteiger partial charge is 0.236 e. The highest BCUT2D eigenvalue weighted by Crippen LogP contribution is 2.10. The molecule has 1 aliphatic rings. The van der Waals surface area contributed by atoms with Crippen molar-refractivity contribution in [3.63, 3.8) is 0 Å². The summed E-state index contributed by atoms with van der Waals surface area (Å²) in [5.41, 5.74) is 0. The van der Waals surface area contributed by atoms with Crippen molar-refractivity contribution in [2.24, 2.45) is 0 Å². The lowest BCUT2D eigenvalue weighted by atomic mass is 10.2. The third kappa shape index (κ3) is 3.75. The normalized spacial score (nSPS) is 23.6. The fourth-order valence-corrected chi connectivity index (χ4v) is 3.31. The average molecular weight is 248 g/mol. The van der Waals surface area contributed by atoms with E-state index in [4.69, 9.17) is 0 Å². The van der Waals surface area contributed by atoms with Gasteiger partial charge in [-0.1, -0.05) is 0 Å². The fraction of sp³-hybridized carbons (Fsp3) is 0.900. The van der Waals surface area contributed by atoms with Gasteiger partial charge in [-0.2, -0.15) is 0 Å². The Morgan fingerprint density at radius 3 is 2.56 bits per heavy atom. The maximum Gasteiger partial charge on any atom is 0.236 e. The highest BCUT2D eigenvalue weighted by atomic mass is 32.2. The zero-order chi connectivity index (χ0) is 12.3. The minimum atomic E-state index is -2.87. The third-order valence-corrected chi connectivity index (χ3v) is 4.71. The van der Waals surface area contributed by atoms with E-state index in [1.54, 1.807) is 11.9 Å². The van der Waals surface area contributed by atoms with E-state index >= 15 is 0 Å². The Morgan fingerprint density at radius 1 is 1.50 bits per heavy atom. The molecule has 16 heavy (non-hydrogen) atoms.